The summed E-state index contributed by atoms with van der Waals surface area (Å²) in [6, 6.07) is 0. The largest absolute Gasteiger partial charge is 0.461 e. The second-order valence-corrected chi connectivity index (χ2v) is 3.06. The van der Waals surface area contributed by atoms with Crippen LogP contribution >= 0.6 is 16.1 Å². The number of alkyl halides is 3. The number of rotatable bonds is 0. The first-order valence-electron chi connectivity index (χ1n) is 2.72. The van der Waals surface area contributed by atoms with Gasteiger partial charge < -0.3 is 0 Å². The SMILES string of the molecule is FC(F)(F)N1CCN(Br)C1. The molecule has 2 nitrogen and oxygen atoms in total. The van der Waals surface area contributed by atoms with Crippen molar-refractivity contribution in [3.05, 3.63) is 0 Å². The molecule has 0 atom stereocenters. The number of hydrogen-bond acceptors (Lipinski definition) is 2. The molecule has 0 radical (unpaired) electrons. The third-order valence-corrected chi connectivity index (χ3v) is 1.87. The van der Waals surface area contributed by atoms with Crippen LogP contribution in [0.1, 0.15) is 0 Å². The van der Waals surface area contributed by atoms with Crippen molar-refractivity contribution in [2.45, 2.75) is 6.30 Å². The Kier molecular flexibility index (Phi) is 2.21. The Morgan fingerprint density at radius 2 is 1.80 bits per heavy atom. The van der Waals surface area contributed by atoms with Crippen LogP contribution in [0.25, 0.3) is 0 Å². The maximum Gasteiger partial charge on any atom is 0.461 e. The summed E-state index contributed by atoms with van der Waals surface area (Å²) in [5.41, 5.74) is 0. The average Bonchev–Trinajstić information content (AvgIpc) is 2.11. The molecule has 0 amide bonds. The minimum atomic E-state index is -4.18. The normalized spacial score (nSPS) is 24.0. The van der Waals surface area contributed by atoms with Gasteiger partial charge in [-0.1, -0.05) is 0 Å². The highest BCUT2D eigenvalue weighted by atomic mass is 79.9. The fourth-order valence-corrected chi connectivity index (χ4v) is 1.19. The summed E-state index contributed by atoms with van der Waals surface area (Å²) < 4.78 is 36.9. The summed E-state index contributed by atoms with van der Waals surface area (Å²) in [4.78, 5) is 0.446. The Hall–Kier alpha value is 0.190. The van der Waals surface area contributed by atoms with E-state index in [1.165, 1.54) is 3.93 Å². The van der Waals surface area contributed by atoms with Crippen LogP contribution in [0.2, 0.25) is 0 Å². The van der Waals surface area contributed by atoms with E-state index in [0.717, 1.165) is 0 Å². The zero-order chi connectivity index (χ0) is 7.78. The molecule has 1 rings (SSSR count). The Labute approximate surface area is 64.9 Å². The second kappa shape index (κ2) is 2.67. The van der Waals surface area contributed by atoms with E-state index < -0.39 is 6.30 Å². The van der Waals surface area contributed by atoms with Gasteiger partial charge in [-0.3, -0.25) is 0 Å². The van der Waals surface area contributed by atoms with E-state index in [0.29, 0.717) is 11.4 Å². The van der Waals surface area contributed by atoms with E-state index in [9.17, 15) is 13.2 Å². The third kappa shape index (κ3) is 1.83. The first-order chi connectivity index (χ1) is 4.50. The molecule has 0 saturated carbocycles. The predicted octanol–water partition coefficient (Wildman–Crippen LogP) is 1.39. The van der Waals surface area contributed by atoms with Gasteiger partial charge in [0.1, 0.15) is 0 Å². The van der Waals surface area contributed by atoms with Crippen LogP contribution in [0.3, 0.4) is 0 Å². The van der Waals surface area contributed by atoms with Crippen molar-refractivity contribution in [1.82, 2.24) is 8.83 Å². The lowest BCUT2D eigenvalue weighted by Gasteiger charge is -2.17. The topological polar surface area (TPSA) is 6.48 Å². The predicted molar refractivity (Wildman–Crippen MR) is 33.3 cm³/mol. The van der Waals surface area contributed by atoms with Crippen molar-refractivity contribution < 1.29 is 13.2 Å². The first-order valence-corrected chi connectivity index (χ1v) is 3.43. The lowest BCUT2D eigenvalue weighted by molar-refractivity contribution is -0.239. The van der Waals surface area contributed by atoms with E-state index in [1.54, 1.807) is 0 Å². The van der Waals surface area contributed by atoms with E-state index in [4.69, 9.17) is 0 Å². The molecule has 6 heteroatoms. The lowest BCUT2D eigenvalue weighted by Crippen LogP contribution is -2.36. The van der Waals surface area contributed by atoms with Crippen LogP contribution in [0, 0.1) is 0 Å². The Morgan fingerprint density at radius 1 is 1.20 bits per heavy atom. The van der Waals surface area contributed by atoms with Crippen LogP contribution in [0.15, 0.2) is 0 Å². The Balaban J connectivity index is 2.45. The van der Waals surface area contributed by atoms with Gasteiger partial charge >= 0.3 is 6.30 Å². The van der Waals surface area contributed by atoms with Crippen LogP contribution < -0.4 is 0 Å². The van der Waals surface area contributed by atoms with Crippen LogP contribution in [0.5, 0.6) is 0 Å². The van der Waals surface area contributed by atoms with Crippen LogP contribution in [-0.2, 0) is 0 Å². The highest BCUT2D eigenvalue weighted by Gasteiger charge is 2.40. The molecule has 0 aromatic carbocycles. The van der Waals surface area contributed by atoms with E-state index in [2.05, 4.69) is 16.1 Å². The van der Waals surface area contributed by atoms with Gasteiger partial charge in [0.25, 0.3) is 0 Å². The molecular formula is C4H6BrF3N2. The highest BCUT2D eigenvalue weighted by Crippen LogP contribution is 2.24. The molecule has 1 heterocycles. The fourth-order valence-electron chi connectivity index (χ4n) is 0.763. The number of nitrogens with zero attached hydrogens (tertiary/aromatic N) is 2. The maximum atomic E-state index is 11.8. The molecule has 1 saturated heterocycles. The first kappa shape index (κ1) is 8.29. The summed E-state index contributed by atoms with van der Waals surface area (Å²) in [6.07, 6.45) is -4.18. The van der Waals surface area contributed by atoms with Crippen molar-refractivity contribution in [2.75, 3.05) is 19.8 Å². The number of halogens is 4. The van der Waals surface area contributed by atoms with E-state index in [-0.39, 0.29) is 13.2 Å². The fraction of sp³-hybridized carbons (Fsp3) is 1.00. The highest BCUT2D eigenvalue weighted by molar-refractivity contribution is 9.07. The van der Waals surface area contributed by atoms with E-state index in [1.807, 2.05) is 0 Å². The van der Waals surface area contributed by atoms with Gasteiger partial charge in [0, 0.05) is 29.2 Å². The van der Waals surface area contributed by atoms with Gasteiger partial charge in [0.05, 0.1) is 6.67 Å². The number of hydrogen-bond donors (Lipinski definition) is 0. The molecule has 1 aliphatic rings. The van der Waals surface area contributed by atoms with Crippen molar-refractivity contribution >= 4 is 16.1 Å². The molecule has 0 aromatic rings. The summed E-state index contributed by atoms with van der Waals surface area (Å²) in [5.74, 6) is 0. The van der Waals surface area contributed by atoms with Crippen molar-refractivity contribution in [3.63, 3.8) is 0 Å². The molecule has 0 spiro atoms. The lowest BCUT2D eigenvalue weighted by atomic mass is 10.6. The molecule has 0 aliphatic carbocycles. The maximum absolute atomic E-state index is 11.8. The summed E-state index contributed by atoms with van der Waals surface area (Å²) >= 11 is 2.96. The molecule has 0 bridgehead atoms. The smallest absolute Gasteiger partial charge is 0.227 e. The summed E-state index contributed by atoms with van der Waals surface area (Å²) in [5, 5.41) is 0. The zero-order valence-electron chi connectivity index (χ0n) is 5.03. The molecule has 0 N–H and O–H groups in total. The standard InChI is InChI=1S/C4H6BrF3N2/c5-10-2-1-9(3-10)4(6,7)8/h1-3H2. The Bertz CT molecular complexity index is 126. The van der Waals surface area contributed by atoms with Crippen molar-refractivity contribution in [1.29, 1.82) is 0 Å². The summed E-state index contributed by atoms with van der Waals surface area (Å²) in [6.45, 7) is 0.387. The van der Waals surface area contributed by atoms with Gasteiger partial charge in [-0.2, -0.15) is 18.1 Å². The molecular weight excluding hydrogens is 213 g/mol. The van der Waals surface area contributed by atoms with Crippen molar-refractivity contribution in [3.8, 4) is 0 Å². The minimum Gasteiger partial charge on any atom is -0.227 e. The molecule has 1 aliphatic heterocycles. The summed E-state index contributed by atoms with van der Waals surface area (Å²) in [7, 11) is 0. The molecule has 0 unspecified atom stereocenters. The van der Waals surface area contributed by atoms with Gasteiger partial charge in [-0.25, -0.2) is 3.93 Å². The zero-order valence-corrected chi connectivity index (χ0v) is 6.61. The molecule has 0 aromatic heterocycles. The molecule has 60 valence electrons. The molecule has 1 fully saturated rings. The van der Waals surface area contributed by atoms with Crippen LogP contribution in [0.4, 0.5) is 13.2 Å². The van der Waals surface area contributed by atoms with E-state index >= 15 is 0 Å². The second-order valence-electron chi connectivity index (χ2n) is 2.06. The molecule has 10 heavy (non-hydrogen) atoms. The van der Waals surface area contributed by atoms with Gasteiger partial charge in [-0.15, -0.1) is 0 Å². The average molecular weight is 219 g/mol. The van der Waals surface area contributed by atoms with Crippen molar-refractivity contribution in [2.24, 2.45) is 0 Å². The van der Waals surface area contributed by atoms with Crippen LogP contribution in [-0.4, -0.2) is 34.9 Å². The Morgan fingerprint density at radius 3 is 2.00 bits per heavy atom. The van der Waals surface area contributed by atoms with Gasteiger partial charge in [-0.05, 0) is 0 Å². The monoisotopic (exact) mass is 218 g/mol. The third-order valence-electron chi connectivity index (χ3n) is 1.30. The quantitative estimate of drug-likeness (QED) is 0.448. The van der Waals surface area contributed by atoms with Gasteiger partial charge in [0.15, 0.2) is 0 Å². The van der Waals surface area contributed by atoms with Gasteiger partial charge in [0.2, 0.25) is 0 Å². The minimum absolute atomic E-state index is 0.0503.